The zero-order valence-electron chi connectivity index (χ0n) is 13.0. The van der Waals surface area contributed by atoms with Crippen LogP contribution >= 0.6 is 0 Å². The SMILES string of the molecule is CC(C)COc1cccc(NC(=O)CC2CCNCC2)c1. The predicted octanol–water partition coefficient (Wildman–Crippen LogP) is 3.05. The lowest BCUT2D eigenvalue weighted by Crippen LogP contribution is -2.30. The summed E-state index contributed by atoms with van der Waals surface area (Å²) < 4.78 is 5.68. The molecule has 116 valence electrons. The van der Waals surface area contributed by atoms with Crippen molar-refractivity contribution in [1.29, 1.82) is 0 Å². The summed E-state index contributed by atoms with van der Waals surface area (Å²) in [6.45, 7) is 6.97. The molecular weight excluding hydrogens is 264 g/mol. The van der Waals surface area contributed by atoms with E-state index in [-0.39, 0.29) is 5.91 Å². The largest absolute Gasteiger partial charge is 0.493 e. The van der Waals surface area contributed by atoms with Crippen LogP contribution in [0.1, 0.15) is 33.1 Å². The van der Waals surface area contributed by atoms with E-state index in [1.807, 2.05) is 24.3 Å². The summed E-state index contributed by atoms with van der Waals surface area (Å²) >= 11 is 0. The maximum Gasteiger partial charge on any atom is 0.224 e. The van der Waals surface area contributed by atoms with Crippen LogP contribution in [-0.4, -0.2) is 25.6 Å². The molecule has 4 nitrogen and oxygen atoms in total. The number of hydrogen-bond donors (Lipinski definition) is 2. The molecular formula is C17H26N2O2. The van der Waals surface area contributed by atoms with Crippen LogP contribution < -0.4 is 15.4 Å². The zero-order valence-corrected chi connectivity index (χ0v) is 13.0. The Labute approximate surface area is 127 Å². The summed E-state index contributed by atoms with van der Waals surface area (Å²) in [5.74, 6) is 1.90. The van der Waals surface area contributed by atoms with Crippen LogP contribution in [0.4, 0.5) is 5.69 Å². The summed E-state index contributed by atoms with van der Waals surface area (Å²) in [5.41, 5.74) is 0.815. The Morgan fingerprint density at radius 2 is 2.14 bits per heavy atom. The molecule has 0 aliphatic carbocycles. The van der Waals surface area contributed by atoms with Crippen molar-refractivity contribution in [3.63, 3.8) is 0 Å². The third-order valence-electron chi connectivity index (χ3n) is 3.63. The Morgan fingerprint density at radius 1 is 1.38 bits per heavy atom. The minimum Gasteiger partial charge on any atom is -0.493 e. The van der Waals surface area contributed by atoms with Gasteiger partial charge in [-0.3, -0.25) is 4.79 Å². The third kappa shape index (κ3) is 5.76. The van der Waals surface area contributed by atoms with E-state index in [9.17, 15) is 4.79 Å². The molecule has 0 bridgehead atoms. The fraction of sp³-hybridized carbons (Fsp3) is 0.588. The molecule has 2 N–H and O–H groups in total. The van der Waals surface area contributed by atoms with Gasteiger partial charge in [-0.15, -0.1) is 0 Å². The van der Waals surface area contributed by atoms with Crippen molar-refractivity contribution in [1.82, 2.24) is 5.32 Å². The van der Waals surface area contributed by atoms with Crippen LogP contribution in [0.3, 0.4) is 0 Å². The second-order valence-corrected chi connectivity index (χ2v) is 6.18. The van der Waals surface area contributed by atoms with Gasteiger partial charge in [0, 0.05) is 18.2 Å². The first-order chi connectivity index (χ1) is 10.1. The first-order valence-electron chi connectivity index (χ1n) is 7.87. The van der Waals surface area contributed by atoms with Crippen molar-refractivity contribution >= 4 is 11.6 Å². The number of carbonyl (C=O) groups is 1. The number of amides is 1. The molecule has 4 heteroatoms. The van der Waals surface area contributed by atoms with E-state index >= 15 is 0 Å². The second kappa shape index (κ2) is 8.03. The van der Waals surface area contributed by atoms with Crippen molar-refractivity contribution in [2.45, 2.75) is 33.1 Å². The quantitative estimate of drug-likeness (QED) is 0.846. The molecule has 1 fully saturated rings. The molecule has 0 unspecified atom stereocenters. The number of carbonyl (C=O) groups excluding carboxylic acids is 1. The zero-order chi connectivity index (χ0) is 15.1. The number of nitrogens with one attached hydrogen (secondary N) is 2. The van der Waals surface area contributed by atoms with Crippen LogP contribution in [0.2, 0.25) is 0 Å². The normalized spacial score (nSPS) is 16.0. The molecule has 0 radical (unpaired) electrons. The average Bonchev–Trinajstić information content (AvgIpc) is 2.46. The fourth-order valence-electron chi connectivity index (χ4n) is 2.49. The first-order valence-corrected chi connectivity index (χ1v) is 7.87. The highest BCUT2D eigenvalue weighted by Crippen LogP contribution is 2.20. The highest BCUT2D eigenvalue weighted by atomic mass is 16.5. The Kier molecular flexibility index (Phi) is 6.05. The summed E-state index contributed by atoms with van der Waals surface area (Å²) in [4.78, 5) is 12.1. The van der Waals surface area contributed by atoms with Crippen LogP contribution in [-0.2, 0) is 4.79 Å². The smallest absolute Gasteiger partial charge is 0.224 e. The van der Waals surface area contributed by atoms with E-state index in [2.05, 4.69) is 24.5 Å². The van der Waals surface area contributed by atoms with Crippen LogP contribution in [0.15, 0.2) is 24.3 Å². The number of rotatable bonds is 6. The summed E-state index contributed by atoms with van der Waals surface area (Å²) in [5, 5.41) is 6.30. The number of piperidine rings is 1. The topological polar surface area (TPSA) is 50.4 Å². The van der Waals surface area contributed by atoms with Crippen molar-refractivity contribution in [2.75, 3.05) is 25.0 Å². The Hall–Kier alpha value is -1.55. The predicted molar refractivity (Wildman–Crippen MR) is 85.6 cm³/mol. The number of hydrogen-bond acceptors (Lipinski definition) is 3. The second-order valence-electron chi connectivity index (χ2n) is 6.18. The molecule has 0 spiro atoms. The summed E-state index contributed by atoms with van der Waals surface area (Å²) in [6, 6.07) is 7.63. The molecule has 1 aromatic carbocycles. The lowest BCUT2D eigenvalue weighted by molar-refractivity contribution is -0.117. The summed E-state index contributed by atoms with van der Waals surface area (Å²) in [6.07, 6.45) is 2.79. The van der Waals surface area contributed by atoms with E-state index in [1.54, 1.807) is 0 Å². The van der Waals surface area contributed by atoms with Crippen molar-refractivity contribution < 1.29 is 9.53 Å². The number of anilines is 1. The maximum atomic E-state index is 12.1. The highest BCUT2D eigenvalue weighted by molar-refractivity contribution is 5.91. The molecule has 1 aliphatic rings. The molecule has 0 atom stereocenters. The molecule has 1 saturated heterocycles. The minimum absolute atomic E-state index is 0.0999. The van der Waals surface area contributed by atoms with Crippen LogP contribution in [0, 0.1) is 11.8 Å². The minimum atomic E-state index is 0.0999. The molecule has 1 amide bonds. The van der Waals surface area contributed by atoms with Gasteiger partial charge in [0.15, 0.2) is 0 Å². The van der Waals surface area contributed by atoms with Gasteiger partial charge in [-0.2, -0.15) is 0 Å². The molecule has 1 heterocycles. The maximum absolute atomic E-state index is 12.1. The van der Waals surface area contributed by atoms with Gasteiger partial charge in [0.05, 0.1) is 6.61 Å². The van der Waals surface area contributed by atoms with Gasteiger partial charge < -0.3 is 15.4 Å². The highest BCUT2D eigenvalue weighted by Gasteiger charge is 2.16. The summed E-state index contributed by atoms with van der Waals surface area (Å²) in [7, 11) is 0. The Morgan fingerprint density at radius 3 is 2.86 bits per heavy atom. The van der Waals surface area contributed by atoms with E-state index in [4.69, 9.17) is 4.74 Å². The van der Waals surface area contributed by atoms with E-state index in [0.29, 0.717) is 24.9 Å². The van der Waals surface area contributed by atoms with Gasteiger partial charge in [0.1, 0.15) is 5.75 Å². The van der Waals surface area contributed by atoms with E-state index < -0.39 is 0 Å². The van der Waals surface area contributed by atoms with Crippen LogP contribution in [0.25, 0.3) is 0 Å². The molecule has 0 aromatic heterocycles. The third-order valence-corrected chi connectivity index (χ3v) is 3.63. The standard InChI is InChI=1S/C17H26N2O2/c1-13(2)12-21-16-5-3-4-15(11-16)19-17(20)10-14-6-8-18-9-7-14/h3-5,11,13-14,18H,6-10,12H2,1-2H3,(H,19,20). The van der Waals surface area contributed by atoms with Gasteiger partial charge in [0.2, 0.25) is 5.91 Å². The molecule has 1 aromatic rings. The number of benzene rings is 1. The average molecular weight is 290 g/mol. The lowest BCUT2D eigenvalue weighted by Gasteiger charge is -2.22. The molecule has 1 aliphatic heterocycles. The first kappa shape index (κ1) is 15.8. The van der Waals surface area contributed by atoms with Gasteiger partial charge in [-0.25, -0.2) is 0 Å². The van der Waals surface area contributed by atoms with Gasteiger partial charge in [-0.05, 0) is 49.9 Å². The van der Waals surface area contributed by atoms with Gasteiger partial charge >= 0.3 is 0 Å². The van der Waals surface area contributed by atoms with E-state index in [0.717, 1.165) is 37.4 Å². The van der Waals surface area contributed by atoms with Crippen molar-refractivity contribution in [3.8, 4) is 5.75 Å². The lowest BCUT2D eigenvalue weighted by atomic mass is 9.94. The van der Waals surface area contributed by atoms with Gasteiger partial charge in [-0.1, -0.05) is 19.9 Å². The van der Waals surface area contributed by atoms with Crippen molar-refractivity contribution in [3.05, 3.63) is 24.3 Å². The van der Waals surface area contributed by atoms with E-state index in [1.165, 1.54) is 0 Å². The number of ether oxygens (including phenoxy) is 1. The van der Waals surface area contributed by atoms with Crippen LogP contribution in [0.5, 0.6) is 5.75 Å². The molecule has 21 heavy (non-hydrogen) atoms. The Balaban J connectivity index is 1.83. The Bertz CT molecular complexity index is 454. The fourth-order valence-corrected chi connectivity index (χ4v) is 2.49. The van der Waals surface area contributed by atoms with Gasteiger partial charge in [0.25, 0.3) is 0 Å². The molecule has 2 rings (SSSR count). The van der Waals surface area contributed by atoms with Crippen molar-refractivity contribution in [2.24, 2.45) is 11.8 Å². The monoisotopic (exact) mass is 290 g/mol. The molecule has 0 saturated carbocycles.